The van der Waals surface area contributed by atoms with Crippen LogP contribution in [0.2, 0.25) is 0 Å². The number of nitrogens with one attached hydrogen (secondary N) is 2. The van der Waals surface area contributed by atoms with Gasteiger partial charge in [0.2, 0.25) is 15.9 Å². The zero-order chi connectivity index (χ0) is 25.2. The molecule has 0 radical (unpaired) electrons. The second-order valence-corrected chi connectivity index (χ2v) is 14.2. The molecule has 4 N–H and O–H groups in total. The maximum Gasteiger partial charge on any atom is 0.319 e. The van der Waals surface area contributed by atoms with Gasteiger partial charge in [-0.3, -0.25) is 4.79 Å². The summed E-state index contributed by atoms with van der Waals surface area (Å²) < 4.78 is 42.2. The van der Waals surface area contributed by atoms with E-state index in [0.717, 1.165) is 25.3 Å². The zero-order valence-corrected chi connectivity index (χ0v) is 21.2. The molecule has 8 nitrogen and oxygen atoms in total. The van der Waals surface area contributed by atoms with E-state index in [1.807, 2.05) is 0 Å². The predicted molar refractivity (Wildman–Crippen MR) is 129 cm³/mol. The highest BCUT2D eigenvalue weighted by Gasteiger charge is 2.60. The van der Waals surface area contributed by atoms with E-state index in [1.54, 1.807) is 0 Å². The smallest absolute Gasteiger partial charge is 0.319 e. The van der Waals surface area contributed by atoms with Gasteiger partial charge in [0.15, 0.2) is 0 Å². The Morgan fingerprint density at radius 3 is 2.40 bits per heavy atom. The van der Waals surface area contributed by atoms with Gasteiger partial charge in [0.05, 0.1) is 16.5 Å². The molecule has 1 heterocycles. The summed E-state index contributed by atoms with van der Waals surface area (Å²) in [5, 5.41) is 5.77. The average molecular weight is 507 g/mol. The Morgan fingerprint density at radius 1 is 1.11 bits per heavy atom. The van der Waals surface area contributed by atoms with Gasteiger partial charge in [-0.25, -0.2) is 17.6 Å². The Kier molecular flexibility index (Phi) is 5.71. The SMILES string of the molecule is CC12CC3CC(C)(C1)CC(NC(=O)Nc1ccc(S(=O)(=O)N4CCC[C@H](C(N)=O)C4)cc1F)(C3)C2. The molecule has 1 saturated heterocycles. The molecule has 6 rings (SSSR count). The number of sulfonamides is 1. The molecule has 0 aromatic heterocycles. The lowest BCUT2D eigenvalue weighted by atomic mass is 9.43. The molecule has 4 aliphatic carbocycles. The van der Waals surface area contributed by atoms with Crippen molar-refractivity contribution in [2.24, 2.45) is 28.4 Å². The van der Waals surface area contributed by atoms with Gasteiger partial charge >= 0.3 is 6.03 Å². The third kappa shape index (κ3) is 4.55. The molecular weight excluding hydrogens is 471 g/mol. The monoisotopic (exact) mass is 506 g/mol. The number of rotatable bonds is 5. The lowest BCUT2D eigenvalue weighted by molar-refractivity contribution is -0.122. The molecule has 5 fully saturated rings. The number of hydrogen-bond acceptors (Lipinski definition) is 4. The fraction of sp³-hybridized carbons (Fsp3) is 0.680. The van der Waals surface area contributed by atoms with Crippen LogP contribution in [0.3, 0.4) is 0 Å². The van der Waals surface area contributed by atoms with Gasteiger partial charge in [0, 0.05) is 18.6 Å². The van der Waals surface area contributed by atoms with Crippen LogP contribution < -0.4 is 16.4 Å². The summed E-state index contributed by atoms with van der Waals surface area (Å²) >= 11 is 0. The van der Waals surface area contributed by atoms with Gasteiger partial charge in [-0.1, -0.05) is 13.8 Å². The van der Waals surface area contributed by atoms with Crippen LogP contribution in [0, 0.1) is 28.5 Å². The first-order valence-electron chi connectivity index (χ1n) is 12.5. The van der Waals surface area contributed by atoms with Crippen LogP contribution in [0.15, 0.2) is 23.1 Å². The minimum Gasteiger partial charge on any atom is -0.369 e. The van der Waals surface area contributed by atoms with Gasteiger partial charge in [-0.05, 0) is 86.3 Å². The molecule has 3 atom stereocenters. The maximum atomic E-state index is 14.9. The summed E-state index contributed by atoms with van der Waals surface area (Å²) in [6, 6.07) is 3.02. The average Bonchev–Trinajstić information content (AvgIpc) is 2.72. The maximum absolute atomic E-state index is 14.9. The fourth-order valence-electron chi connectivity index (χ4n) is 8.28. The van der Waals surface area contributed by atoms with E-state index in [4.69, 9.17) is 5.73 Å². The lowest BCUT2D eigenvalue weighted by Crippen LogP contribution is -2.65. The minimum atomic E-state index is -3.99. The van der Waals surface area contributed by atoms with E-state index in [1.165, 1.54) is 35.7 Å². The number of primary amides is 1. The second kappa shape index (κ2) is 8.16. The standard InChI is InChI=1S/C25H35FN4O4S/c1-23-9-16-10-24(2,13-23)15-25(11-16,14-23)29-22(32)28-20-6-5-18(8-19(20)26)35(33,34)30-7-3-4-17(12-30)21(27)31/h5-6,8,16-17H,3-4,7,9-15H2,1-2H3,(H2,27,31)(H2,28,29,32)/t16?,17-,23?,24?,25?/m0/s1. The number of piperidine rings is 1. The largest absolute Gasteiger partial charge is 0.369 e. The van der Waals surface area contributed by atoms with E-state index < -0.39 is 33.7 Å². The Hall–Kier alpha value is -2.20. The van der Waals surface area contributed by atoms with Gasteiger partial charge in [0.25, 0.3) is 0 Å². The summed E-state index contributed by atoms with van der Waals surface area (Å²) in [6.45, 7) is 4.87. The van der Waals surface area contributed by atoms with Crippen molar-refractivity contribution < 1.29 is 22.4 Å². The second-order valence-electron chi connectivity index (χ2n) is 12.2. The van der Waals surface area contributed by atoms with Crippen molar-refractivity contribution in [3.8, 4) is 0 Å². The van der Waals surface area contributed by atoms with Crippen LogP contribution in [-0.2, 0) is 14.8 Å². The number of amides is 3. The summed E-state index contributed by atoms with van der Waals surface area (Å²) in [4.78, 5) is 24.2. The Balaban J connectivity index is 1.28. The van der Waals surface area contributed by atoms with Gasteiger partial charge in [-0.2, -0.15) is 4.31 Å². The molecular formula is C25H35FN4O4S. The van der Waals surface area contributed by atoms with E-state index in [-0.39, 0.29) is 40.0 Å². The van der Waals surface area contributed by atoms with Crippen LogP contribution in [0.4, 0.5) is 14.9 Å². The molecule has 3 amide bonds. The first-order chi connectivity index (χ1) is 16.3. The molecule has 1 aliphatic heterocycles. The molecule has 5 aliphatic rings. The zero-order valence-electron chi connectivity index (χ0n) is 20.4. The summed E-state index contributed by atoms with van der Waals surface area (Å²) in [5.74, 6) is -1.31. The normalized spacial score (nSPS) is 36.7. The van der Waals surface area contributed by atoms with Crippen molar-refractivity contribution in [2.45, 2.75) is 75.6 Å². The Morgan fingerprint density at radius 2 is 1.80 bits per heavy atom. The summed E-state index contributed by atoms with van der Waals surface area (Å²) in [6.07, 6.45) is 7.45. The van der Waals surface area contributed by atoms with Crippen molar-refractivity contribution in [1.29, 1.82) is 0 Å². The molecule has 35 heavy (non-hydrogen) atoms. The third-order valence-electron chi connectivity index (χ3n) is 8.62. The van der Waals surface area contributed by atoms with Crippen molar-refractivity contribution in [1.82, 2.24) is 9.62 Å². The van der Waals surface area contributed by atoms with Crippen LogP contribution >= 0.6 is 0 Å². The van der Waals surface area contributed by atoms with E-state index in [2.05, 4.69) is 24.5 Å². The molecule has 1 aromatic rings. The highest BCUT2D eigenvalue weighted by atomic mass is 32.2. The third-order valence-corrected chi connectivity index (χ3v) is 10.5. The van der Waals surface area contributed by atoms with Crippen LogP contribution in [-0.4, -0.2) is 43.3 Å². The molecule has 10 heteroatoms. The van der Waals surface area contributed by atoms with Crippen LogP contribution in [0.5, 0.6) is 0 Å². The predicted octanol–water partition coefficient (Wildman–Crippen LogP) is 3.58. The summed E-state index contributed by atoms with van der Waals surface area (Å²) in [7, 11) is -3.99. The molecule has 4 saturated carbocycles. The van der Waals surface area contributed by atoms with E-state index in [9.17, 15) is 22.4 Å². The number of urea groups is 1. The van der Waals surface area contributed by atoms with Gasteiger partial charge in [-0.15, -0.1) is 0 Å². The number of benzene rings is 1. The lowest BCUT2D eigenvalue weighted by Gasteiger charge is -2.65. The highest BCUT2D eigenvalue weighted by Crippen LogP contribution is 2.66. The molecule has 192 valence electrons. The number of halogens is 1. The number of carbonyl (C=O) groups excluding carboxylic acids is 2. The number of hydrogen-bond donors (Lipinski definition) is 3. The molecule has 4 bridgehead atoms. The summed E-state index contributed by atoms with van der Waals surface area (Å²) in [5.41, 5.74) is 5.46. The Labute approximate surface area is 206 Å². The topological polar surface area (TPSA) is 122 Å². The number of nitrogens with zero attached hydrogens (tertiary/aromatic N) is 1. The molecule has 1 aromatic carbocycles. The van der Waals surface area contributed by atoms with Crippen molar-refractivity contribution in [2.75, 3.05) is 18.4 Å². The number of carbonyl (C=O) groups is 2. The van der Waals surface area contributed by atoms with E-state index in [0.29, 0.717) is 18.8 Å². The number of nitrogens with two attached hydrogens (primary N) is 1. The van der Waals surface area contributed by atoms with Crippen LogP contribution in [0.25, 0.3) is 0 Å². The van der Waals surface area contributed by atoms with Gasteiger partial charge < -0.3 is 16.4 Å². The number of anilines is 1. The van der Waals surface area contributed by atoms with Gasteiger partial charge in [0.1, 0.15) is 5.82 Å². The Bertz CT molecular complexity index is 1150. The molecule has 0 spiro atoms. The highest BCUT2D eigenvalue weighted by molar-refractivity contribution is 7.89. The quantitative estimate of drug-likeness (QED) is 0.565. The van der Waals surface area contributed by atoms with Crippen molar-refractivity contribution >= 4 is 27.6 Å². The van der Waals surface area contributed by atoms with Crippen LogP contribution in [0.1, 0.15) is 65.2 Å². The minimum absolute atomic E-state index is 0.0113. The first-order valence-corrected chi connectivity index (χ1v) is 13.9. The first kappa shape index (κ1) is 24.5. The van der Waals surface area contributed by atoms with Crippen molar-refractivity contribution in [3.05, 3.63) is 24.0 Å². The van der Waals surface area contributed by atoms with E-state index >= 15 is 0 Å². The fourth-order valence-corrected chi connectivity index (χ4v) is 9.82. The molecule has 2 unspecified atom stereocenters. The van der Waals surface area contributed by atoms with Crippen molar-refractivity contribution in [3.63, 3.8) is 0 Å².